The molecule has 1 aromatic carbocycles. The van der Waals surface area contributed by atoms with Gasteiger partial charge < -0.3 is 15.2 Å². The molecule has 1 aliphatic rings. The van der Waals surface area contributed by atoms with Crippen LogP contribution in [-0.4, -0.2) is 36.7 Å². The van der Waals surface area contributed by atoms with Gasteiger partial charge in [0.1, 0.15) is 5.82 Å². The summed E-state index contributed by atoms with van der Waals surface area (Å²) in [6.45, 7) is 1.10. The molecule has 0 bridgehead atoms. The van der Waals surface area contributed by atoms with Gasteiger partial charge in [0.05, 0.1) is 5.92 Å². The van der Waals surface area contributed by atoms with Crippen LogP contribution in [0.25, 0.3) is 0 Å². The predicted molar refractivity (Wildman–Crippen MR) is 81.1 cm³/mol. The number of carboxylic acids is 1. The lowest BCUT2D eigenvalue weighted by molar-refractivity contribution is -0.144. The number of halogens is 2. The predicted octanol–water partition coefficient (Wildman–Crippen LogP) is 2.45. The number of carboxylic acid groups (broad SMARTS) is 1. The molecule has 5 nitrogen and oxygen atoms in total. The molecule has 0 saturated carbocycles. The van der Waals surface area contributed by atoms with Gasteiger partial charge in [0, 0.05) is 29.8 Å². The molecule has 1 heterocycles. The Kier molecular flexibility index (Phi) is 5.90. The molecular formula is C15H17BrFNO4. The SMILES string of the molecule is O=C(NCC(C(=O)O)C1CCOCC1)c1cc(F)cc(Br)c1. The highest BCUT2D eigenvalue weighted by molar-refractivity contribution is 9.10. The second-order valence-corrected chi connectivity index (χ2v) is 6.18. The quantitative estimate of drug-likeness (QED) is 0.830. The maximum absolute atomic E-state index is 13.3. The molecule has 22 heavy (non-hydrogen) atoms. The number of rotatable bonds is 5. The number of ether oxygens (including phenoxy) is 1. The van der Waals surface area contributed by atoms with Crippen LogP contribution in [0.3, 0.4) is 0 Å². The minimum Gasteiger partial charge on any atom is -0.481 e. The lowest BCUT2D eigenvalue weighted by Crippen LogP contribution is -2.39. The van der Waals surface area contributed by atoms with Crippen molar-refractivity contribution in [2.24, 2.45) is 11.8 Å². The molecule has 120 valence electrons. The van der Waals surface area contributed by atoms with Gasteiger partial charge in [-0.25, -0.2) is 4.39 Å². The summed E-state index contributed by atoms with van der Waals surface area (Å²) in [7, 11) is 0. The van der Waals surface area contributed by atoms with Crippen molar-refractivity contribution in [1.29, 1.82) is 0 Å². The fourth-order valence-corrected chi connectivity index (χ4v) is 3.03. The van der Waals surface area contributed by atoms with Crippen LogP contribution in [0.5, 0.6) is 0 Å². The van der Waals surface area contributed by atoms with Crippen LogP contribution in [-0.2, 0) is 9.53 Å². The highest BCUT2D eigenvalue weighted by Gasteiger charge is 2.30. The van der Waals surface area contributed by atoms with Gasteiger partial charge in [0.15, 0.2) is 0 Å². The summed E-state index contributed by atoms with van der Waals surface area (Å²) in [4.78, 5) is 23.4. The van der Waals surface area contributed by atoms with Gasteiger partial charge in [0.2, 0.25) is 0 Å². The molecule has 1 fully saturated rings. The van der Waals surface area contributed by atoms with Crippen LogP contribution >= 0.6 is 15.9 Å². The molecule has 1 amide bonds. The van der Waals surface area contributed by atoms with Gasteiger partial charge in [-0.2, -0.15) is 0 Å². The molecule has 0 spiro atoms. The second kappa shape index (κ2) is 7.69. The number of carbonyl (C=O) groups is 2. The highest BCUT2D eigenvalue weighted by Crippen LogP contribution is 2.24. The molecule has 1 aromatic rings. The Morgan fingerprint density at radius 2 is 2.05 bits per heavy atom. The molecule has 1 aliphatic heterocycles. The van der Waals surface area contributed by atoms with Crippen LogP contribution in [0.15, 0.2) is 22.7 Å². The summed E-state index contributed by atoms with van der Waals surface area (Å²) in [5.41, 5.74) is 0.156. The first-order valence-corrected chi connectivity index (χ1v) is 7.81. The van der Waals surface area contributed by atoms with Crippen molar-refractivity contribution < 1.29 is 23.8 Å². The smallest absolute Gasteiger partial charge is 0.308 e. The summed E-state index contributed by atoms with van der Waals surface area (Å²) < 4.78 is 19.0. The first-order chi connectivity index (χ1) is 10.5. The Labute approximate surface area is 136 Å². The Hall–Kier alpha value is -1.47. The molecule has 1 unspecified atom stereocenters. The number of hydrogen-bond donors (Lipinski definition) is 2. The minimum absolute atomic E-state index is 0.0208. The third-order valence-electron chi connectivity index (χ3n) is 3.76. The lowest BCUT2D eigenvalue weighted by Gasteiger charge is -2.27. The van der Waals surface area contributed by atoms with E-state index in [4.69, 9.17) is 4.74 Å². The van der Waals surface area contributed by atoms with E-state index in [9.17, 15) is 19.1 Å². The van der Waals surface area contributed by atoms with Crippen LogP contribution in [0, 0.1) is 17.7 Å². The number of carbonyl (C=O) groups excluding carboxylic acids is 1. The van der Waals surface area contributed by atoms with Crippen molar-refractivity contribution in [3.8, 4) is 0 Å². The van der Waals surface area contributed by atoms with E-state index < -0.39 is 23.6 Å². The number of amides is 1. The minimum atomic E-state index is -0.937. The van der Waals surface area contributed by atoms with Crippen molar-refractivity contribution in [1.82, 2.24) is 5.32 Å². The number of benzene rings is 1. The molecule has 0 radical (unpaired) electrons. The molecule has 0 aliphatic carbocycles. The molecule has 7 heteroatoms. The first kappa shape index (κ1) is 16.9. The molecule has 1 atom stereocenters. The van der Waals surface area contributed by atoms with Crippen molar-refractivity contribution in [3.05, 3.63) is 34.1 Å². The first-order valence-electron chi connectivity index (χ1n) is 7.02. The zero-order valence-corrected chi connectivity index (χ0v) is 13.4. The summed E-state index contributed by atoms with van der Waals surface area (Å²) in [6, 6.07) is 3.85. The lowest BCUT2D eigenvalue weighted by atomic mass is 9.86. The summed E-state index contributed by atoms with van der Waals surface area (Å²) >= 11 is 3.12. The van der Waals surface area contributed by atoms with Crippen molar-refractivity contribution in [3.63, 3.8) is 0 Å². The molecule has 2 N–H and O–H groups in total. The van der Waals surface area contributed by atoms with E-state index in [-0.39, 0.29) is 18.0 Å². The topological polar surface area (TPSA) is 75.6 Å². The van der Waals surface area contributed by atoms with E-state index in [1.807, 2.05) is 0 Å². The number of hydrogen-bond acceptors (Lipinski definition) is 3. The van der Waals surface area contributed by atoms with Crippen molar-refractivity contribution in [2.45, 2.75) is 12.8 Å². The third kappa shape index (κ3) is 4.51. The zero-order valence-electron chi connectivity index (χ0n) is 11.9. The van der Waals surface area contributed by atoms with Gasteiger partial charge >= 0.3 is 5.97 Å². The highest BCUT2D eigenvalue weighted by atomic mass is 79.9. The van der Waals surface area contributed by atoms with Gasteiger partial charge in [-0.3, -0.25) is 9.59 Å². The average molecular weight is 374 g/mol. The normalized spacial score (nSPS) is 17.0. The van der Waals surface area contributed by atoms with E-state index in [1.165, 1.54) is 12.1 Å². The molecular weight excluding hydrogens is 357 g/mol. The summed E-state index contributed by atoms with van der Waals surface area (Å²) in [5.74, 6) is -2.64. The standard InChI is InChI=1S/C15H17BrFNO4/c16-11-5-10(6-12(17)7-11)14(19)18-8-13(15(20)21)9-1-3-22-4-2-9/h5-7,9,13H,1-4,8H2,(H,18,19)(H,20,21). The zero-order chi connectivity index (χ0) is 16.1. The Morgan fingerprint density at radius 3 is 2.64 bits per heavy atom. The van der Waals surface area contributed by atoms with Gasteiger partial charge in [-0.1, -0.05) is 15.9 Å². The van der Waals surface area contributed by atoms with Crippen LogP contribution in [0.2, 0.25) is 0 Å². The Bertz CT molecular complexity index is 540. The Morgan fingerprint density at radius 1 is 1.36 bits per heavy atom. The van der Waals surface area contributed by atoms with Crippen molar-refractivity contribution >= 4 is 27.8 Å². The van der Waals surface area contributed by atoms with Gasteiger partial charge in [-0.05, 0) is 37.0 Å². The maximum atomic E-state index is 13.3. The fourth-order valence-electron chi connectivity index (χ4n) is 2.56. The molecule has 1 saturated heterocycles. The molecule has 2 rings (SSSR count). The summed E-state index contributed by atoms with van der Waals surface area (Å²) in [6.07, 6.45) is 1.33. The second-order valence-electron chi connectivity index (χ2n) is 5.26. The largest absolute Gasteiger partial charge is 0.481 e. The van der Waals surface area contributed by atoms with Crippen molar-refractivity contribution in [2.75, 3.05) is 19.8 Å². The van der Waals surface area contributed by atoms with Crippen LogP contribution < -0.4 is 5.32 Å². The average Bonchev–Trinajstić information content (AvgIpc) is 2.47. The third-order valence-corrected chi connectivity index (χ3v) is 4.22. The number of nitrogens with one attached hydrogen (secondary N) is 1. The van der Waals surface area contributed by atoms with Gasteiger partial charge in [0.25, 0.3) is 5.91 Å². The van der Waals surface area contributed by atoms with E-state index in [2.05, 4.69) is 21.2 Å². The fraction of sp³-hybridized carbons (Fsp3) is 0.467. The monoisotopic (exact) mass is 373 g/mol. The Balaban J connectivity index is 1.99. The van der Waals surface area contributed by atoms with Crippen LogP contribution in [0.1, 0.15) is 23.2 Å². The molecule has 0 aromatic heterocycles. The van der Waals surface area contributed by atoms with E-state index in [1.54, 1.807) is 0 Å². The van der Waals surface area contributed by atoms with Gasteiger partial charge in [-0.15, -0.1) is 0 Å². The summed E-state index contributed by atoms with van der Waals surface area (Å²) in [5, 5.41) is 11.9. The van der Waals surface area contributed by atoms with Crippen LogP contribution in [0.4, 0.5) is 4.39 Å². The maximum Gasteiger partial charge on any atom is 0.308 e. The number of aliphatic carboxylic acids is 1. The van der Waals surface area contributed by atoms with E-state index in [0.29, 0.717) is 30.5 Å². The van der Waals surface area contributed by atoms with E-state index in [0.717, 1.165) is 6.07 Å². The van der Waals surface area contributed by atoms with E-state index >= 15 is 0 Å².